The zero-order valence-corrected chi connectivity index (χ0v) is 22.8. The molecule has 0 spiro atoms. The fraction of sp³-hybridized carbons (Fsp3) is 0.194. The summed E-state index contributed by atoms with van der Waals surface area (Å²) < 4.78 is 19.9. The lowest BCUT2D eigenvalue weighted by Crippen LogP contribution is -2.35. The molecule has 1 fully saturated rings. The molecule has 0 bridgehead atoms. The van der Waals surface area contributed by atoms with Crippen molar-refractivity contribution in [1.82, 2.24) is 14.9 Å². The Balaban J connectivity index is 1.16. The minimum atomic E-state index is -0.293. The minimum absolute atomic E-state index is 0.173. The van der Waals surface area contributed by atoms with E-state index in [2.05, 4.69) is 32.7 Å². The highest BCUT2D eigenvalue weighted by atomic mass is 32.1. The lowest BCUT2D eigenvalue weighted by Gasteiger charge is -2.26. The molecule has 3 heterocycles. The van der Waals surface area contributed by atoms with Crippen LogP contribution in [0.2, 0.25) is 0 Å². The van der Waals surface area contributed by atoms with E-state index in [1.165, 1.54) is 12.1 Å². The largest absolute Gasteiger partial charge is 0.379 e. The summed E-state index contributed by atoms with van der Waals surface area (Å²) in [6.45, 7) is 6.15. The quantitative estimate of drug-likeness (QED) is 0.235. The van der Waals surface area contributed by atoms with E-state index in [0.717, 1.165) is 76.8 Å². The Kier molecular flexibility index (Phi) is 7.50. The number of benzene rings is 3. The third-order valence-electron chi connectivity index (χ3n) is 6.88. The molecule has 1 aliphatic heterocycles. The van der Waals surface area contributed by atoms with Crippen molar-refractivity contribution >= 4 is 44.8 Å². The first-order valence-electron chi connectivity index (χ1n) is 13.1. The number of aryl methyl sites for hydroxylation is 1. The lowest BCUT2D eigenvalue weighted by molar-refractivity contribution is 0.0342. The lowest BCUT2D eigenvalue weighted by atomic mass is 10.1. The maximum atomic E-state index is 13.5. The normalized spacial score (nSPS) is 13.8. The van der Waals surface area contributed by atoms with E-state index >= 15 is 0 Å². The van der Waals surface area contributed by atoms with Gasteiger partial charge in [0.15, 0.2) is 0 Å². The summed E-state index contributed by atoms with van der Waals surface area (Å²) in [6.07, 6.45) is 0. The Hall–Kier alpha value is -4.18. The second-order valence-corrected chi connectivity index (χ2v) is 10.6. The van der Waals surface area contributed by atoms with E-state index in [4.69, 9.17) is 9.72 Å². The standard InChI is InChI=1S/C31H28FN5O2S/c1-20-2-3-21(19-37-13-15-39-16-14-37)18-27(20)34-30(38)23-6-10-25(11-7-23)33-31-35-26-12-17-40-29(26)28(36-31)22-4-8-24(32)9-5-22/h2-12,17-18H,13-16,19H2,1H3,(H,34,38)(H,33,35,36). The van der Waals surface area contributed by atoms with Crippen LogP contribution in [0.5, 0.6) is 0 Å². The molecule has 0 radical (unpaired) electrons. The summed E-state index contributed by atoms with van der Waals surface area (Å²) in [5.74, 6) is -0.0404. The number of amides is 1. The number of aromatic nitrogens is 2. The van der Waals surface area contributed by atoms with Gasteiger partial charge in [-0.15, -0.1) is 11.3 Å². The molecule has 2 N–H and O–H groups in total. The molecule has 0 atom stereocenters. The maximum Gasteiger partial charge on any atom is 0.255 e. The van der Waals surface area contributed by atoms with Gasteiger partial charge in [-0.05, 0) is 84.1 Å². The van der Waals surface area contributed by atoms with Crippen LogP contribution in [0, 0.1) is 12.7 Å². The SMILES string of the molecule is Cc1ccc(CN2CCOCC2)cc1NC(=O)c1ccc(Nc2nc(-c3ccc(F)cc3)c3sccc3n2)cc1. The van der Waals surface area contributed by atoms with Crippen molar-refractivity contribution in [3.8, 4) is 11.3 Å². The van der Waals surface area contributed by atoms with Crippen molar-refractivity contribution in [2.24, 2.45) is 0 Å². The van der Waals surface area contributed by atoms with Crippen molar-refractivity contribution in [2.45, 2.75) is 13.5 Å². The molecule has 1 saturated heterocycles. The summed E-state index contributed by atoms with van der Waals surface area (Å²) in [5.41, 5.74) is 6.64. The van der Waals surface area contributed by atoms with Gasteiger partial charge < -0.3 is 15.4 Å². The number of fused-ring (bicyclic) bond motifs is 1. The number of anilines is 3. The number of hydrogen-bond acceptors (Lipinski definition) is 7. The van der Waals surface area contributed by atoms with Crippen molar-refractivity contribution in [1.29, 1.82) is 0 Å². The molecule has 1 amide bonds. The van der Waals surface area contributed by atoms with Crippen molar-refractivity contribution in [3.63, 3.8) is 0 Å². The fourth-order valence-corrected chi connectivity index (χ4v) is 5.51. The van der Waals surface area contributed by atoms with E-state index in [1.54, 1.807) is 35.6 Å². The molecular formula is C31H28FN5O2S. The second kappa shape index (κ2) is 11.5. The van der Waals surface area contributed by atoms with Gasteiger partial charge in [0.1, 0.15) is 5.82 Å². The van der Waals surface area contributed by atoms with E-state index in [9.17, 15) is 9.18 Å². The number of ether oxygens (including phenoxy) is 1. The number of carbonyl (C=O) groups excluding carboxylic acids is 1. The number of nitrogens with zero attached hydrogens (tertiary/aromatic N) is 3. The molecule has 5 aromatic rings. The van der Waals surface area contributed by atoms with E-state index < -0.39 is 0 Å². The van der Waals surface area contributed by atoms with Crippen LogP contribution in [0.15, 0.2) is 78.2 Å². The Morgan fingerprint density at radius 1 is 1.00 bits per heavy atom. The summed E-state index contributed by atoms with van der Waals surface area (Å²) in [7, 11) is 0. The van der Waals surface area contributed by atoms with Crippen molar-refractivity contribution < 1.29 is 13.9 Å². The number of rotatable bonds is 7. The Bertz CT molecular complexity index is 1650. The highest BCUT2D eigenvalue weighted by Gasteiger charge is 2.14. The molecular weight excluding hydrogens is 525 g/mol. The van der Waals surface area contributed by atoms with Crippen LogP contribution in [0.25, 0.3) is 21.5 Å². The van der Waals surface area contributed by atoms with Gasteiger partial charge in [-0.3, -0.25) is 9.69 Å². The molecule has 0 unspecified atom stereocenters. The van der Waals surface area contributed by atoms with Gasteiger partial charge in [0.25, 0.3) is 5.91 Å². The highest BCUT2D eigenvalue weighted by Crippen LogP contribution is 2.32. The Morgan fingerprint density at radius 2 is 1.77 bits per heavy atom. The number of morpholine rings is 1. The smallest absolute Gasteiger partial charge is 0.255 e. The van der Waals surface area contributed by atoms with Crippen LogP contribution in [-0.4, -0.2) is 47.1 Å². The fourth-order valence-electron chi connectivity index (χ4n) is 4.67. The van der Waals surface area contributed by atoms with Crippen molar-refractivity contribution in [2.75, 3.05) is 36.9 Å². The third kappa shape index (κ3) is 5.86. The molecule has 2 aromatic heterocycles. The number of carbonyl (C=O) groups is 1. The zero-order valence-electron chi connectivity index (χ0n) is 22.0. The third-order valence-corrected chi connectivity index (χ3v) is 7.79. The van der Waals surface area contributed by atoms with Crippen LogP contribution < -0.4 is 10.6 Å². The molecule has 3 aromatic carbocycles. The molecule has 6 rings (SSSR count). The minimum Gasteiger partial charge on any atom is -0.379 e. The van der Waals surface area contributed by atoms with E-state index in [1.807, 2.05) is 36.6 Å². The molecule has 0 saturated carbocycles. The molecule has 202 valence electrons. The van der Waals surface area contributed by atoms with Crippen molar-refractivity contribution in [3.05, 3.63) is 101 Å². The van der Waals surface area contributed by atoms with Crippen LogP contribution >= 0.6 is 11.3 Å². The van der Waals surface area contributed by atoms with Gasteiger partial charge >= 0.3 is 0 Å². The van der Waals surface area contributed by atoms with Gasteiger partial charge in [0.05, 0.1) is 29.1 Å². The molecule has 0 aliphatic carbocycles. The zero-order chi connectivity index (χ0) is 27.5. The summed E-state index contributed by atoms with van der Waals surface area (Å²) >= 11 is 1.55. The van der Waals surface area contributed by atoms with E-state index in [-0.39, 0.29) is 11.7 Å². The van der Waals surface area contributed by atoms with E-state index in [0.29, 0.717) is 11.5 Å². The van der Waals surface area contributed by atoms with Gasteiger partial charge in [-0.1, -0.05) is 12.1 Å². The average molecular weight is 554 g/mol. The molecule has 9 heteroatoms. The Labute approximate surface area is 235 Å². The summed E-state index contributed by atoms with van der Waals surface area (Å²) in [4.78, 5) is 24.8. The van der Waals surface area contributed by atoms with Gasteiger partial charge in [-0.25, -0.2) is 14.4 Å². The first-order valence-corrected chi connectivity index (χ1v) is 14.0. The topological polar surface area (TPSA) is 79.4 Å². The number of halogens is 1. The molecule has 7 nitrogen and oxygen atoms in total. The van der Waals surface area contributed by atoms with Gasteiger partial charge in [0, 0.05) is 42.1 Å². The summed E-state index contributed by atoms with van der Waals surface area (Å²) in [6, 6.07) is 21.6. The number of nitrogens with one attached hydrogen (secondary N) is 2. The highest BCUT2D eigenvalue weighted by molar-refractivity contribution is 7.17. The predicted octanol–water partition coefficient (Wildman–Crippen LogP) is 6.63. The first kappa shape index (κ1) is 26.1. The first-order chi connectivity index (χ1) is 19.5. The predicted molar refractivity (Wildman–Crippen MR) is 158 cm³/mol. The monoisotopic (exact) mass is 553 g/mol. The molecule has 40 heavy (non-hydrogen) atoms. The number of hydrogen-bond donors (Lipinski definition) is 2. The van der Waals surface area contributed by atoms with Crippen LogP contribution in [-0.2, 0) is 11.3 Å². The molecule has 1 aliphatic rings. The van der Waals surface area contributed by atoms with Crippen LogP contribution in [0.3, 0.4) is 0 Å². The maximum absolute atomic E-state index is 13.5. The van der Waals surface area contributed by atoms with Gasteiger partial charge in [0.2, 0.25) is 5.95 Å². The number of thiophene rings is 1. The second-order valence-electron chi connectivity index (χ2n) is 9.73. The van der Waals surface area contributed by atoms with Crippen LogP contribution in [0.1, 0.15) is 21.5 Å². The average Bonchev–Trinajstić information content (AvgIpc) is 3.45. The summed E-state index contributed by atoms with van der Waals surface area (Å²) in [5, 5.41) is 8.27. The van der Waals surface area contributed by atoms with Gasteiger partial charge in [-0.2, -0.15) is 0 Å². The van der Waals surface area contributed by atoms with Crippen LogP contribution in [0.4, 0.5) is 21.7 Å². The Morgan fingerprint density at radius 3 is 2.55 bits per heavy atom.